The van der Waals surface area contributed by atoms with E-state index in [0.29, 0.717) is 18.4 Å². The van der Waals surface area contributed by atoms with Crippen LogP contribution in [0.2, 0.25) is 5.22 Å². The molecule has 2 aromatic rings. The van der Waals surface area contributed by atoms with Gasteiger partial charge in [-0.3, -0.25) is 0 Å². The highest BCUT2D eigenvalue weighted by Gasteiger charge is 2.10. The summed E-state index contributed by atoms with van der Waals surface area (Å²) >= 11 is 6.09. The molecule has 0 aliphatic carbocycles. The van der Waals surface area contributed by atoms with Gasteiger partial charge in [-0.05, 0) is 31.5 Å². The molecule has 1 heterocycles. The van der Waals surface area contributed by atoms with Crippen LogP contribution in [-0.4, -0.2) is 19.3 Å². The molecule has 2 rings (SSSR count). The van der Waals surface area contributed by atoms with Crippen molar-refractivity contribution in [2.24, 2.45) is 0 Å². The first-order valence-corrected chi connectivity index (χ1v) is 6.54. The largest absolute Gasteiger partial charge is 0.444 e. The van der Waals surface area contributed by atoms with Crippen LogP contribution >= 0.6 is 11.6 Å². The van der Waals surface area contributed by atoms with Crippen LogP contribution in [0.25, 0.3) is 11.0 Å². The number of ether oxygens (including phenoxy) is 1. The van der Waals surface area contributed by atoms with Gasteiger partial charge in [-0.25, -0.2) is 0 Å². The van der Waals surface area contributed by atoms with E-state index in [1.807, 2.05) is 38.1 Å². The first-order chi connectivity index (χ1) is 8.68. The van der Waals surface area contributed by atoms with Crippen molar-refractivity contribution in [3.05, 3.63) is 35.0 Å². The average molecular weight is 268 g/mol. The maximum absolute atomic E-state index is 6.09. The van der Waals surface area contributed by atoms with Gasteiger partial charge < -0.3 is 14.5 Å². The number of hydrogen-bond acceptors (Lipinski definition) is 3. The molecular formula is C14H18ClNO2. The van der Waals surface area contributed by atoms with Gasteiger partial charge in [0.1, 0.15) is 5.58 Å². The van der Waals surface area contributed by atoms with Crippen molar-refractivity contribution < 1.29 is 9.15 Å². The normalized spacial score (nSPS) is 11.6. The Balaban J connectivity index is 1.93. The minimum atomic E-state index is 0.269. The second kappa shape index (κ2) is 6.23. The number of furan rings is 1. The lowest BCUT2D eigenvalue weighted by molar-refractivity contribution is 0.0807. The number of hydrogen-bond donors (Lipinski definition) is 1. The molecular weight excluding hydrogens is 250 g/mol. The molecule has 0 radical (unpaired) electrons. The highest BCUT2D eigenvalue weighted by Crippen LogP contribution is 2.29. The lowest BCUT2D eigenvalue weighted by Crippen LogP contribution is -2.20. The molecule has 0 saturated heterocycles. The Morgan fingerprint density at radius 3 is 2.89 bits per heavy atom. The molecule has 0 aliphatic heterocycles. The molecule has 4 heteroatoms. The molecule has 1 N–H and O–H groups in total. The molecule has 0 amide bonds. The summed E-state index contributed by atoms with van der Waals surface area (Å²) in [6, 6.07) is 7.87. The maximum Gasteiger partial charge on any atom is 0.199 e. The molecule has 0 aliphatic rings. The summed E-state index contributed by atoms with van der Waals surface area (Å²) in [6.45, 7) is 6.25. The number of halogens is 1. The molecule has 0 atom stereocenters. The number of fused-ring (bicyclic) bond motifs is 1. The van der Waals surface area contributed by atoms with Gasteiger partial charge in [-0.15, -0.1) is 0 Å². The van der Waals surface area contributed by atoms with Gasteiger partial charge in [0, 0.05) is 24.0 Å². The van der Waals surface area contributed by atoms with Crippen molar-refractivity contribution in [2.75, 3.05) is 13.2 Å². The Bertz CT molecular complexity index is 507. The predicted molar refractivity (Wildman–Crippen MR) is 74.0 cm³/mol. The van der Waals surface area contributed by atoms with Crippen LogP contribution < -0.4 is 5.32 Å². The van der Waals surface area contributed by atoms with E-state index in [-0.39, 0.29) is 6.10 Å². The third-order valence-electron chi connectivity index (χ3n) is 2.68. The van der Waals surface area contributed by atoms with E-state index in [1.165, 1.54) is 0 Å². The van der Waals surface area contributed by atoms with E-state index in [0.717, 1.165) is 23.1 Å². The lowest BCUT2D eigenvalue weighted by atomic mass is 10.2. The molecule has 0 bridgehead atoms. The minimum Gasteiger partial charge on any atom is -0.444 e. The van der Waals surface area contributed by atoms with Gasteiger partial charge in [0.05, 0.1) is 12.7 Å². The van der Waals surface area contributed by atoms with Crippen molar-refractivity contribution in [1.29, 1.82) is 0 Å². The first kappa shape index (κ1) is 13.4. The Morgan fingerprint density at radius 1 is 1.33 bits per heavy atom. The average Bonchev–Trinajstić information content (AvgIpc) is 2.65. The second-order valence-electron chi connectivity index (χ2n) is 4.45. The van der Waals surface area contributed by atoms with Crippen LogP contribution in [0.1, 0.15) is 19.4 Å². The zero-order valence-corrected chi connectivity index (χ0v) is 11.5. The molecule has 0 fully saturated rings. The monoisotopic (exact) mass is 267 g/mol. The quantitative estimate of drug-likeness (QED) is 0.812. The third-order valence-corrected chi connectivity index (χ3v) is 2.99. The van der Waals surface area contributed by atoms with Crippen LogP contribution in [0.4, 0.5) is 0 Å². The van der Waals surface area contributed by atoms with Crippen molar-refractivity contribution in [3.63, 3.8) is 0 Å². The van der Waals surface area contributed by atoms with Crippen molar-refractivity contribution in [1.82, 2.24) is 5.32 Å². The van der Waals surface area contributed by atoms with Crippen molar-refractivity contribution in [2.45, 2.75) is 26.5 Å². The summed E-state index contributed by atoms with van der Waals surface area (Å²) < 4.78 is 10.9. The van der Waals surface area contributed by atoms with Crippen molar-refractivity contribution >= 4 is 22.6 Å². The second-order valence-corrected chi connectivity index (χ2v) is 4.79. The fourth-order valence-electron chi connectivity index (χ4n) is 1.81. The zero-order valence-electron chi connectivity index (χ0n) is 10.7. The summed E-state index contributed by atoms with van der Waals surface area (Å²) in [5.74, 6) is 0. The van der Waals surface area contributed by atoms with Crippen LogP contribution in [0.15, 0.2) is 28.7 Å². The van der Waals surface area contributed by atoms with Crippen LogP contribution in [-0.2, 0) is 11.3 Å². The highest BCUT2D eigenvalue weighted by atomic mass is 35.5. The van der Waals surface area contributed by atoms with Gasteiger partial charge >= 0.3 is 0 Å². The SMILES string of the molecule is CC(C)OCCNCc1c(Cl)oc2ccccc12. The topological polar surface area (TPSA) is 34.4 Å². The fraction of sp³-hybridized carbons (Fsp3) is 0.429. The number of rotatable bonds is 6. The first-order valence-electron chi connectivity index (χ1n) is 6.16. The van der Waals surface area contributed by atoms with E-state index in [2.05, 4.69) is 5.32 Å². The number of benzene rings is 1. The predicted octanol–water partition coefficient (Wildman–Crippen LogP) is 3.60. The smallest absolute Gasteiger partial charge is 0.199 e. The maximum atomic E-state index is 6.09. The van der Waals surface area contributed by atoms with Gasteiger partial charge in [-0.1, -0.05) is 18.2 Å². The van der Waals surface area contributed by atoms with Gasteiger partial charge in [-0.2, -0.15) is 0 Å². The molecule has 18 heavy (non-hydrogen) atoms. The van der Waals surface area contributed by atoms with E-state index < -0.39 is 0 Å². The molecule has 1 aromatic carbocycles. The summed E-state index contributed by atoms with van der Waals surface area (Å²) in [4.78, 5) is 0. The Hall–Kier alpha value is -1.03. The summed E-state index contributed by atoms with van der Waals surface area (Å²) in [5, 5.41) is 4.84. The lowest BCUT2D eigenvalue weighted by Gasteiger charge is -2.08. The van der Waals surface area contributed by atoms with Crippen LogP contribution in [0.5, 0.6) is 0 Å². The molecule has 98 valence electrons. The van der Waals surface area contributed by atoms with Gasteiger partial charge in [0.15, 0.2) is 5.22 Å². The zero-order chi connectivity index (χ0) is 13.0. The fourth-order valence-corrected chi connectivity index (χ4v) is 2.07. The van der Waals surface area contributed by atoms with Crippen LogP contribution in [0, 0.1) is 0 Å². The third kappa shape index (κ3) is 3.25. The van der Waals surface area contributed by atoms with Crippen molar-refractivity contribution in [3.8, 4) is 0 Å². The highest BCUT2D eigenvalue weighted by molar-refractivity contribution is 6.30. The molecule has 3 nitrogen and oxygen atoms in total. The molecule has 0 unspecified atom stereocenters. The van der Waals surface area contributed by atoms with E-state index in [9.17, 15) is 0 Å². The van der Waals surface area contributed by atoms with E-state index in [1.54, 1.807) is 0 Å². The molecule has 0 spiro atoms. The minimum absolute atomic E-state index is 0.269. The summed E-state index contributed by atoms with van der Waals surface area (Å²) in [5.41, 5.74) is 1.84. The molecule has 0 saturated carbocycles. The van der Waals surface area contributed by atoms with Crippen LogP contribution in [0.3, 0.4) is 0 Å². The Kier molecular flexibility index (Phi) is 4.64. The summed E-state index contributed by atoms with van der Waals surface area (Å²) in [7, 11) is 0. The standard InChI is InChI=1S/C14H18ClNO2/c1-10(2)17-8-7-16-9-12-11-5-3-4-6-13(11)18-14(12)15/h3-6,10,16H,7-9H2,1-2H3. The summed E-state index contributed by atoms with van der Waals surface area (Å²) in [6.07, 6.45) is 0.269. The van der Waals surface area contributed by atoms with Gasteiger partial charge in [0.2, 0.25) is 0 Å². The Labute approximate surface area is 112 Å². The van der Waals surface area contributed by atoms with E-state index >= 15 is 0 Å². The number of para-hydroxylation sites is 1. The van der Waals surface area contributed by atoms with E-state index in [4.69, 9.17) is 20.8 Å². The van der Waals surface area contributed by atoms with Gasteiger partial charge in [0.25, 0.3) is 0 Å². The molecule has 1 aromatic heterocycles. The number of nitrogens with one attached hydrogen (secondary N) is 1. The Morgan fingerprint density at radius 2 is 2.11 bits per heavy atom.